The van der Waals surface area contributed by atoms with Gasteiger partial charge in [-0.1, -0.05) is 206 Å². The quantitative estimate of drug-likeness (QED) is 0.145. The van der Waals surface area contributed by atoms with E-state index < -0.39 is 0 Å². The third kappa shape index (κ3) is 7.69. The molecule has 2 heterocycles. The van der Waals surface area contributed by atoms with Gasteiger partial charge in [0, 0.05) is 22.2 Å². The zero-order valence-electron chi connectivity index (χ0n) is 36.7. The first-order chi connectivity index (χ1) is 33.2. The fraction of sp³-hybridized carbons (Fsp3) is 0. The topological polar surface area (TPSA) is 30.7 Å². The number of fused-ring (bicyclic) bond motifs is 3. The van der Waals surface area contributed by atoms with E-state index in [4.69, 9.17) is 9.97 Å². The Hall–Kier alpha value is -8.92. The van der Waals surface area contributed by atoms with Crippen molar-refractivity contribution in [3.8, 4) is 95.1 Å². The van der Waals surface area contributed by atoms with Gasteiger partial charge in [-0.05, 0) is 121 Å². The zero-order valence-corrected chi connectivity index (χ0v) is 36.7. The van der Waals surface area contributed by atoms with Crippen LogP contribution in [0.4, 0.5) is 0 Å². The zero-order chi connectivity index (χ0) is 44.5. The highest BCUT2D eigenvalue weighted by molar-refractivity contribution is 6.11. The minimum atomic E-state index is 0.681. The van der Waals surface area contributed by atoms with Crippen molar-refractivity contribution in [2.24, 2.45) is 0 Å². The Labute approximate surface area is 390 Å². The molecule has 67 heavy (non-hydrogen) atoms. The van der Waals surface area contributed by atoms with Crippen LogP contribution in [0.3, 0.4) is 0 Å². The summed E-state index contributed by atoms with van der Waals surface area (Å²) < 4.78 is 2.32. The number of aromatic nitrogens is 3. The van der Waals surface area contributed by atoms with Gasteiger partial charge in [0.2, 0.25) is 0 Å². The van der Waals surface area contributed by atoms with Gasteiger partial charge in [0.1, 0.15) is 5.52 Å². The van der Waals surface area contributed by atoms with Crippen LogP contribution in [-0.2, 0) is 0 Å². The number of hydrogen-bond donors (Lipinski definition) is 0. The molecule has 12 rings (SSSR count). The van der Waals surface area contributed by atoms with Crippen molar-refractivity contribution in [3.05, 3.63) is 261 Å². The molecule has 0 aliphatic rings. The van der Waals surface area contributed by atoms with Crippen LogP contribution in [0, 0.1) is 0 Å². The predicted molar refractivity (Wildman–Crippen MR) is 280 cm³/mol. The van der Waals surface area contributed by atoms with Crippen molar-refractivity contribution in [2.75, 3.05) is 0 Å². The van der Waals surface area contributed by atoms with E-state index in [1.165, 1.54) is 33.4 Å². The monoisotopic (exact) mass is 853 g/mol. The summed E-state index contributed by atoms with van der Waals surface area (Å²) >= 11 is 0. The van der Waals surface area contributed by atoms with Crippen molar-refractivity contribution in [2.45, 2.75) is 0 Å². The molecule has 3 heteroatoms. The summed E-state index contributed by atoms with van der Waals surface area (Å²) in [5.41, 5.74) is 20.9. The van der Waals surface area contributed by atoms with Gasteiger partial charge in [0.25, 0.3) is 0 Å². The van der Waals surface area contributed by atoms with Crippen LogP contribution in [-0.4, -0.2) is 14.5 Å². The SMILES string of the molecule is c1ccc(-c2ccc(-c3cc(-c4ccccc4)cc(-c4cccc(-c5cccc(-c6nc(-c7cccc(-c8ccccc8)c7)c7c(n6)c6ccccc6n7-c6ccccc6)c5)c4)c3)cc2)cc1. The second kappa shape index (κ2) is 17.2. The molecule has 0 amide bonds. The lowest BCUT2D eigenvalue weighted by atomic mass is 9.91. The van der Waals surface area contributed by atoms with Gasteiger partial charge >= 0.3 is 0 Å². The second-order valence-electron chi connectivity index (χ2n) is 17.0. The van der Waals surface area contributed by atoms with E-state index in [9.17, 15) is 0 Å². The summed E-state index contributed by atoms with van der Waals surface area (Å²) in [6.07, 6.45) is 0. The number of nitrogens with zero attached hydrogens (tertiary/aromatic N) is 3. The van der Waals surface area contributed by atoms with Crippen LogP contribution in [0.25, 0.3) is 117 Å². The average Bonchev–Trinajstić information content (AvgIpc) is 3.76. The summed E-state index contributed by atoms with van der Waals surface area (Å²) in [5.74, 6) is 0.681. The van der Waals surface area contributed by atoms with Gasteiger partial charge in [-0.15, -0.1) is 0 Å². The third-order valence-corrected chi connectivity index (χ3v) is 12.8. The Morgan fingerprint density at radius 3 is 1.21 bits per heavy atom. The maximum atomic E-state index is 5.53. The molecule has 12 aromatic rings. The molecule has 0 spiro atoms. The first-order valence-corrected chi connectivity index (χ1v) is 22.8. The van der Waals surface area contributed by atoms with Crippen LogP contribution >= 0.6 is 0 Å². The lowest BCUT2D eigenvalue weighted by Gasteiger charge is -2.14. The highest BCUT2D eigenvalue weighted by Crippen LogP contribution is 2.40. The molecule has 0 saturated heterocycles. The molecule has 314 valence electrons. The lowest BCUT2D eigenvalue weighted by Crippen LogP contribution is -2.00. The van der Waals surface area contributed by atoms with Gasteiger partial charge in [0.15, 0.2) is 5.82 Å². The van der Waals surface area contributed by atoms with Gasteiger partial charge < -0.3 is 4.57 Å². The lowest BCUT2D eigenvalue weighted by molar-refractivity contribution is 1.15. The van der Waals surface area contributed by atoms with E-state index in [0.717, 1.165) is 77.8 Å². The molecule has 0 radical (unpaired) electrons. The molecule has 10 aromatic carbocycles. The molecule has 0 N–H and O–H groups in total. The van der Waals surface area contributed by atoms with E-state index >= 15 is 0 Å². The number of para-hydroxylation sites is 2. The molecule has 0 aliphatic heterocycles. The summed E-state index contributed by atoms with van der Waals surface area (Å²) in [6, 6.07) is 93.1. The number of hydrogen-bond acceptors (Lipinski definition) is 2. The molecule has 3 nitrogen and oxygen atoms in total. The molecular formula is C64H43N3. The molecule has 0 unspecified atom stereocenters. The van der Waals surface area contributed by atoms with Gasteiger partial charge in [0.05, 0.1) is 16.7 Å². The standard InChI is InChI=1S/C64H43N3/c1-5-18-44(19-6-1)47-34-36-48(37-35-47)56-41-55(46-22-9-3-10-23-46)42-57(43-56)52-27-15-25-50(38-52)51-26-17-29-54(40-51)64-65-61(53-28-16-24-49(39-53)45-20-7-2-8-21-45)63-62(66-64)59-32-13-14-33-60(59)67(63)58-30-11-4-12-31-58/h1-43H. The van der Waals surface area contributed by atoms with Crippen molar-refractivity contribution < 1.29 is 0 Å². The van der Waals surface area contributed by atoms with Crippen molar-refractivity contribution in [1.82, 2.24) is 14.5 Å². The predicted octanol–water partition coefficient (Wildman–Crippen LogP) is 16.9. The van der Waals surface area contributed by atoms with Crippen molar-refractivity contribution in [1.29, 1.82) is 0 Å². The Bertz CT molecular complexity index is 3710. The van der Waals surface area contributed by atoms with Gasteiger partial charge in [-0.3, -0.25) is 0 Å². The highest BCUT2D eigenvalue weighted by atomic mass is 15.0. The Balaban J connectivity index is 0.978. The minimum Gasteiger partial charge on any atom is -0.306 e. The van der Waals surface area contributed by atoms with Crippen molar-refractivity contribution in [3.63, 3.8) is 0 Å². The molecule has 0 saturated carbocycles. The summed E-state index contributed by atoms with van der Waals surface area (Å²) in [4.78, 5) is 11.0. The maximum absolute atomic E-state index is 5.53. The van der Waals surface area contributed by atoms with Crippen LogP contribution in [0.15, 0.2) is 261 Å². The Morgan fingerprint density at radius 2 is 0.612 bits per heavy atom. The fourth-order valence-corrected chi connectivity index (χ4v) is 9.46. The van der Waals surface area contributed by atoms with Crippen molar-refractivity contribution >= 4 is 21.9 Å². The van der Waals surface area contributed by atoms with Crippen LogP contribution in [0.1, 0.15) is 0 Å². The normalized spacial score (nSPS) is 11.3. The van der Waals surface area contributed by atoms with E-state index in [1.807, 2.05) is 0 Å². The number of rotatable bonds is 9. The smallest absolute Gasteiger partial charge is 0.160 e. The van der Waals surface area contributed by atoms with Gasteiger partial charge in [-0.2, -0.15) is 0 Å². The molecule has 0 aliphatic carbocycles. The molecule has 2 aromatic heterocycles. The largest absolute Gasteiger partial charge is 0.306 e. The van der Waals surface area contributed by atoms with E-state index in [1.54, 1.807) is 0 Å². The molecular weight excluding hydrogens is 811 g/mol. The first kappa shape index (κ1) is 39.7. The first-order valence-electron chi connectivity index (χ1n) is 22.8. The summed E-state index contributed by atoms with van der Waals surface area (Å²) in [5, 5.41) is 1.08. The van der Waals surface area contributed by atoms with Crippen LogP contribution in [0.5, 0.6) is 0 Å². The Kier molecular flexibility index (Phi) is 10.2. The average molecular weight is 854 g/mol. The minimum absolute atomic E-state index is 0.681. The Morgan fingerprint density at radius 1 is 0.254 bits per heavy atom. The second-order valence-corrected chi connectivity index (χ2v) is 17.0. The molecule has 0 atom stereocenters. The summed E-state index contributed by atoms with van der Waals surface area (Å²) in [6.45, 7) is 0. The third-order valence-electron chi connectivity index (χ3n) is 12.8. The number of benzene rings is 10. The highest BCUT2D eigenvalue weighted by Gasteiger charge is 2.22. The van der Waals surface area contributed by atoms with Crippen LogP contribution in [0.2, 0.25) is 0 Å². The van der Waals surface area contributed by atoms with E-state index in [2.05, 4.69) is 265 Å². The summed E-state index contributed by atoms with van der Waals surface area (Å²) in [7, 11) is 0. The fourth-order valence-electron chi connectivity index (χ4n) is 9.46. The van der Waals surface area contributed by atoms with E-state index in [0.29, 0.717) is 5.82 Å². The maximum Gasteiger partial charge on any atom is 0.160 e. The van der Waals surface area contributed by atoms with E-state index in [-0.39, 0.29) is 0 Å². The van der Waals surface area contributed by atoms with Gasteiger partial charge in [-0.25, -0.2) is 9.97 Å². The van der Waals surface area contributed by atoms with Crippen LogP contribution < -0.4 is 0 Å². The molecule has 0 fully saturated rings. The molecule has 0 bridgehead atoms.